The lowest BCUT2D eigenvalue weighted by molar-refractivity contribution is 0.402. The van der Waals surface area contributed by atoms with Gasteiger partial charge in [-0.1, -0.05) is 29.8 Å². The molecule has 0 aliphatic carbocycles. The summed E-state index contributed by atoms with van der Waals surface area (Å²) < 4.78 is 2.19. The highest BCUT2D eigenvalue weighted by molar-refractivity contribution is 5.67. The van der Waals surface area contributed by atoms with Gasteiger partial charge in [-0.05, 0) is 56.4 Å². The second-order valence-corrected chi connectivity index (χ2v) is 7.31. The third kappa shape index (κ3) is 3.76. The van der Waals surface area contributed by atoms with Crippen molar-refractivity contribution >= 4 is 5.65 Å². The Balaban J connectivity index is 1.83. The van der Waals surface area contributed by atoms with E-state index in [1.165, 1.54) is 16.7 Å². The summed E-state index contributed by atoms with van der Waals surface area (Å²) in [5, 5.41) is 0. The number of fused-ring (bicyclic) bond motifs is 1. The summed E-state index contributed by atoms with van der Waals surface area (Å²) in [6.07, 6.45) is 6.62. The summed E-state index contributed by atoms with van der Waals surface area (Å²) in [7, 11) is 4.17. The standard InChI is InChI=1S/C23H24N4/c1-17-4-6-18(7-5-17)14-21-23(20-8-11-24-12-9-20)27-13-10-19(16-26(2)3)15-22(27)25-21/h4-13,15H,14,16H2,1-3H3. The summed E-state index contributed by atoms with van der Waals surface area (Å²) in [6, 6.07) is 17.2. The van der Waals surface area contributed by atoms with Crippen molar-refractivity contribution in [3.05, 3.63) is 89.5 Å². The van der Waals surface area contributed by atoms with Crippen molar-refractivity contribution in [2.24, 2.45) is 0 Å². The molecule has 0 saturated carbocycles. The number of nitrogens with zero attached hydrogens (tertiary/aromatic N) is 4. The van der Waals surface area contributed by atoms with Crippen LogP contribution in [0.4, 0.5) is 0 Å². The molecule has 4 nitrogen and oxygen atoms in total. The Hall–Kier alpha value is -2.98. The van der Waals surface area contributed by atoms with E-state index in [2.05, 4.69) is 90.0 Å². The fraction of sp³-hybridized carbons (Fsp3) is 0.217. The Bertz CT molecular complexity index is 1050. The molecule has 0 fully saturated rings. The molecule has 4 aromatic rings. The fourth-order valence-electron chi connectivity index (χ4n) is 3.44. The maximum Gasteiger partial charge on any atom is 0.137 e. The molecule has 4 rings (SSSR count). The zero-order chi connectivity index (χ0) is 18.8. The molecule has 1 aromatic carbocycles. The minimum atomic E-state index is 0.808. The number of aryl methyl sites for hydroxylation is 1. The highest BCUT2D eigenvalue weighted by atomic mass is 15.1. The smallest absolute Gasteiger partial charge is 0.137 e. The molecule has 0 amide bonds. The van der Waals surface area contributed by atoms with Gasteiger partial charge in [-0.15, -0.1) is 0 Å². The number of benzene rings is 1. The Morgan fingerprint density at radius 1 is 0.926 bits per heavy atom. The number of rotatable bonds is 5. The highest BCUT2D eigenvalue weighted by Crippen LogP contribution is 2.27. The van der Waals surface area contributed by atoms with Crippen molar-refractivity contribution in [2.75, 3.05) is 14.1 Å². The first-order chi connectivity index (χ1) is 13.1. The normalized spacial score (nSPS) is 11.4. The summed E-state index contributed by atoms with van der Waals surface area (Å²) in [4.78, 5) is 11.3. The van der Waals surface area contributed by atoms with Gasteiger partial charge in [-0.3, -0.25) is 9.38 Å². The largest absolute Gasteiger partial charge is 0.305 e. The van der Waals surface area contributed by atoms with Crippen LogP contribution in [0.25, 0.3) is 16.9 Å². The Kier molecular flexibility index (Phi) is 4.73. The van der Waals surface area contributed by atoms with Crippen molar-refractivity contribution in [1.82, 2.24) is 19.3 Å². The van der Waals surface area contributed by atoms with Gasteiger partial charge in [0.05, 0.1) is 11.4 Å². The van der Waals surface area contributed by atoms with E-state index < -0.39 is 0 Å². The predicted octanol–water partition coefficient (Wildman–Crippen LogP) is 4.36. The quantitative estimate of drug-likeness (QED) is 0.533. The van der Waals surface area contributed by atoms with Gasteiger partial charge in [-0.2, -0.15) is 0 Å². The molecule has 0 aliphatic rings. The first-order valence-corrected chi connectivity index (χ1v) is 9.21. The molecular weight excluding hydrogens is 332 g/mol. The molecule has 4 heteroatoms. The van der Waals surface area contributed by atoms with Crippen molar-refractivity contribution < 1.29 is 0 Å². The number of aromatic nitrogens is 3. The molecule has 0 N–H and O–H groups in total. The van der Waals surface area contributed by atoms with E-state index in [-0.39, 0.29) is 0 Å². The third-order valence-electron chi connectivity index (χ3n) is 4.71. The average molecular weight is 356 g/mol. The predicted molar refractivity (Wildman–Crippen MR) is 110 cm³/mol. The molecule has 3 aromatic heterocycles. The molecule has 0 aliphatic heterocycles. The second-order valence-electron chi connectivity index (χ2n) is 7.31. The van der Waals surface area contributed by atoms with Crippen molar-refractivity contribution in [3.8, 4) is 11.3 Å². The lowest BCUT2D eigenvalue weighted by atomic mass is 10.0. The first kappa shape index (κ1) is 17.4. The van der Waals surface area contributed by atoms with Gasteiger partial charge in [0.15, 0.2) is 0 Å². The van der Waals surface area contributed by atoms with E-state index in [0.29, 0.717) is 0 Å². The van der Waals surface area contributed by atoms with E-state index in [4.69, 9.17) is 4.98 Å². The van der Waals surface area contributed by atoms with Gasteiger partial charge >= 0.3 is 0 Å². The topological polar surface area (TPSA) is 33.4 Å². The number of hydrogen-bond acceptors (Lipinski definition) is 3. The molecule has 0 atom stereocenters. The van der Waals surface area contributed by atoms with Gasteiger partial charge < -0.3 is 4.90 Å². The number of hydrogen-bond donors (Lipinski definition) is 0. The van der Waals surface area contributed by atoms with E-state index in [9.17, 15) is 0 Å². The van der Waals surface area contributed by atoms with Crippen molar-refractivity contribution in [1.29, 1.82) is 0 Å². The molecule has 136 valence electrons. The molecular formula is C23H24N4. The first-order valence-electron chi connectivity index (χ1n) is 9.21. The van der Waals surface area contributed by atoms with Crippen molar-refractivity contribution in [3.63, 3.8) is 0 Å². The van der Waals surface area contributed by atoms with Crippen molar-refractivity contribution in [2.45, 2.75) is 19.9 Å². The SMILES string of the molecule is Cc1ccc(Cc2nc3cc(CN(C)C)ccn3c2-c2ccncc2)cc1. The minimum Gasteiger partial charge on any atom is -0.305 e. The molecule has 0 bridgehead atoms. The summed E-state index contributed by atoms with van der Waals surface area (Å²) in [5.74, 6) is 0. The lowest BCUT2D eigenvalue weighted by Gasteiger charge is -2.10. The van der Waals surface area contributed by atoms with Gasteiger partial charge in [0.25, 0.3) is 0 Å². The maximum absolute atomic E-state index is 5.00. The summed E-state index contributed by atoms with van der Waals surface area (Å²) >= 11 is 0. The zero-order valence-electron chi connectivity index (χ0n) is 16.1. The number of pyridine rings is 2. The third-order valence-corrected chi connectivity index (χ3v) is 4.71. The molecule has 0 unspecified atom stereocenters. The van der Waals surface area contributed by atoms with E-state index in [1.807, 2.05) is 12.4 Å². The second kappa shape index (κ2) is 7.33. The van der Waals surface area contributed by atoms with Crippen LogP contribution in [0, 0.1) is 6.92 Å². The van der Waals surface area contributed by atoms with E-state index >= 15 is 0 Å². The molecule has 3 heterocycles. The monoisotopic (exact) mass is 356 g/mol. The van der Waals surface area contributed by atoms with E-state index in [1.54, 1.807) is 0 Å². The van der Waals surface area contributed by atoms with Crippen LogP contribution in [0.15, 0.2) is 67.1 Å². The van der Waals surface area contributed by atoms with Crippen LogP contribution in [0.3, 0.4) is 0 Å². The Morgan fingerprint density at radius 2 is 1.67 bits per heavy atom. The van der Waals surface area contributed by atoms with Crippen LogP contribution < -0.4 is 0 Å². The van der Waals surface area contributed by atoms with Crippen LogP contribution in [0.5, 0.6) is 0 Å². The minimum absolute atomic E-state index is 0.808. The molecule has 27 heavy (non-hydrogen) atoms. The van der Waals surface area contributed by atoms with Crippen LogP contribution >= 0.6 is 0 Å². The van der Waals surface area contributed by atoms with Crippen LogP contribution in [-0.2, 0) is 13.0 Å². The van der Waals surface area contributed by atoms with Crippen LogP contribution in [0.1, 0.15) is 22.4 Å². The number of imidazole rings is 1. The van der Waals surface area contributed by atoms with Crippen LogP contribution in [-0.4, -0.2) is 33.4 Å². The van der Waals surface area contributed by atoms with Gasteiger partial charge in [0.1, 0.15) is 5.65 Å². The van der Waals surface area contributed by atoms with Gasteiger partial charge in [0, 0.05) is 37.1 Å². The average Bonchev–Trinajstić information content (AvgIpc) is 3.01. The Morgan fingerprint density at radius 3 is 2.37 bits per heavy atom. The molecule has 0 radical (unpaired) electrons. The fourth-order valence-corrected chi connectivity index (χ4v) is 3.44. The summed E-state index contributed by atoms with van der Waals surface area (Å²) in [6.45, 7) is 3.02. The lowest BCUT2D eigenvalue weighted by Crippen LogP contribution is -2.10. The van der Waals surface area contributed by atoms with Gasteiger partial charge in [0.2, 0.25) is 0 Å². The zero-order valence-corrected chi connectivity index (χ0v) is 16.1. The molecule has 0 spiro atoms. The highest BCUT2D eigenvalue weighted by Gasteiger charge is 2.15. The molecule has 0 saturated heterocycles. The van der Waals surface area contributed by atoms with Crippen LogP contribution in [0.2, 0.25) is 0 Å². The van der Waals surface area contributed by atoms with Gasteiger partial charge in [-0.25, -0.2) is 4.98 Å². The van der Waals surface area contributed by atoms with E-state index in [0.717, 1.165) is 35.6 Å². The maximum atomic E-state index is 5.00. The summed E-state index contributed by atoms with van der Waals surface area (Å²) in [5.41, 5.74) is 8.17. The Labute approximate surface area is 160 Å².